The molecule has 0 radical (unpaired) electrons. The van der Waals surface area contributed by atoms with Crippen LogP contribution in [0.25, 0.3) is 67.2 Å². The van der Waals surface area contributed by atoms with Gasteiger partial charge in [0, 0.05) is 22.6 Å². The van der Waals surface area contributed by atoms with Gasteiger partial charge in [-0.1, -0.05) is 182 Å². The highest BCUT2D eigenvalue weighted by molar-refractivity contribution is 6.05. The lowest BCUT2D eigenvalue weighted by Gasteiger charge is -2.24. The smallest absolute Gasteiger partial charge is 0.164 e. The summed E-state index contributed by atoms with van der Waals surface area (Å²) < 4.78 is 0. The van der Waals surface area contributed by atoms with Crippen LogP contribution in [-0.4, -0.2) is 15.0 Å². The molecule has 4 heteroatoms. The number of allylic oxidation sites excluding steroid dienone is 4. The third-order valence-electron chi connectivity index (χ3n) is 10.2. The quantitative estimate of drug-likeness (QED) is 0.167. The number of nitriles is 1. The van der Waals surface area contributed by atoms with Gasteiger partial charge < -0.3 is 0 Å². The number of aromatic nitrogens is 3. The number of benzene rings is 7. The lowest BCUT2D eigenvalue weighted by Crippen LogP contribution is -2.06. The van der Waals surface area contributed by atoms with Crippen molar-refractivity contribution in [1.82, 2.24) is 15.0 Å². The SMILES string of the molecule is N#Cc1ccccc1C1C=C(c2ccc(-c3ccc(-c4nc(-c5ccccc5)nc(-c5ccccc5)n4)cc3)c3ccccc23)C=C(c2ccccc2)C1. The summed E-state index contributed by atoms with van der Waals surface area (Å²) in [7, 11) is 0. The first kappa shape index (κ1) is 32.7. The molecule has 0 bridgehead atoms. The van der Waals surface area contributed by atoms with Crippen LogP contribution in [0.4, 0.5) is 0 Å². The average molecular weight is 691 g/mol. The summed E-state index contributed by atoms with van der Waals surface area (Å²) in [6.07, 6.45) is 5.51. The highest BCUT2D eigenvalue weighted by Crippen LogP contribution is 2.43. The molecular formula is C50H34N4. The van der Waals surface area contributed by atoms with Gasteiger partial charge >= 0.3 is 0 Å². The maximum absolute atomic E-state index is 10.0. The molecule has 0 aliphatic heterocycles. The molecular weight excluding hydrogens is 657 g/mol. The monoisotopic (exact) mass is 690 g/mol. The van der Waals surface area contributed by atoms with Gasteiger partial charge in [-0.05, 0) is 62.2 Å². The zero-order valence-electron chi connectivity index (χ0n) is 29.5. The Labute approximate surface area is 315 Å². The number of hydrogen-bond acceptors (Lipinski definition) is 4. The molecule has 254 valence electrons. The van der Waals surface area contributed by atoms with Gasteiger partial charge in [0.2, 0.25) is 0 Å². The van der Waals surface area contributed by atoms with E-state index in [1.54, 1.807) is 0 Å². The number of nitrogens with zero attached hydrogens (tertiary/aromatic N) is 4. The molecule has 0 fully saturated rings. The highest BCUT2D eigenvalue weighted by atomic mass is 15.0. The zero-order valence-corrected chi connectivity index (χ0v) is 29.5. The molecule has 1 aliphatic rings. The van der Waals surface area contributed by atoms with Crippen LogP contribution in [0.1, 0.15) is 34.6 Å². The molecule has 7 aromatic carbocycles. The van der Waals surface area contributed by atoms with Gasteiger partial charge in [-0.15, -0.1) is 0 Å². The Hall–Kier alpha value is -7.22. The van der Waals surface area contributed by atoms with Gasteiger partial charge in [-0.25, -0.2) is 15.0 Å². The van der Waals surface area contributed by atoms with Crippen LogP contribution < -0.4 is 0 Å². The molecule has 54 heavy (non-hydrogen) atoms. The van der Waals surface area contributed by atoms with Crippen LogP contribution >= 0.6 is 0 Å². The van der Waals surface area contributed by atoms with E-state index in [-0.39, 0.29) is 5.92 Å². The van der Waals surface area contributed by atoms with Crippen LogP contribution in [0.2, 0.25) is 0 Å². The topological polar surface area (TPSA) is 62.5 Å². The Balaban J connectivity index is 1.12. The van der Waals surface area contributed by atoms with Crippen LogP contribution in [0.5, 0.6) is 0 Å². The summed E-state index contributed by atoms with van der Waals surface area (Å²) in [5.41, 5.74) is 11.7. The third-order valence-corrected chi connectivity index (χ3v) is 10.2. The van der Waals surface area contributed by atoms with E-state index in [0.29, 0.717) is 17.5 Å². The van der Waals surface area contributed by atoms with Crippen molar-refractivity contribution >= 4 is 21.9 Å². The molecule has 4 nitrogen and oxygen atoms in total. The van der Waals surface area contributed by atoms with E-state index < -0.39 is 0 Å². The molecule has 9 rings (SSSR count). The van der Waals surface area contributed by atoms with E-state index in [4.69, 9.17) is 15.0 Å². The fourth-order valence-electron chi connectivity index (χ4n) is 7.49. The van der Waals surface area contributed by atoms with Gasteiger partial charge in [0.25, 0.3) is 0 Å². The Kier molecular flexibility index (Phi) is 8.73. The summed E-state index contributed by atoms with van der Waals surface area (Å²) in [6.45, 7) is 0. The van der Waals surface area contributed by atoms with Crippen LogP contribution in [0, 0.1) is 11.3 Å². The van der Waals surface area contributed by atoms with E-state index in [0.717, 1.165) is 50.9 Å². The van der Waals surface area contributed by atoms with Crippen molar-refractivity contribution in [3.63, 3.8) is 0 Å². The summed E-state index contributed by atoms with van der Waals surface area (Å²) in [5, 5.41) is 12.4. The van der Waals surface area contributed by atoms with Crippen molar-refractivity contribution in [3.05, 3.63) is 210 Å². The molecule has 0 amide bonds. The maximum Gasteiger partial charge on any atom is 0.164 e. The molecule has 1 unspecified atom stereocenters. The summed E-state index contributed by atoms with van der Waals surface area (Å²) in [5.74, 6) is 1.99. The normalized spacial score (nSPS) is 13.9. The van der Waals surface area contributed by atoms with E-state index in [9.17, 15) is 5.26 Å². The summed E-state index contributed by atoms with van der Waals surface area (Å²) in [6, 6.07) is 62.8. The molecule has 0 N–H and O–H groups in total. The molecule has 1 aromatic heterocycles. The third kappa shape index (κ3) is 6.40. The van der Waals surface area contributed by atoms with Crippen molar-refractivity contribution < 1.29 is 0 Å². The number of hydrogen-bond donors (Lipinski definition) is 0. The Bertz CT molecular complexity index is 2670. The summed E-state index contributed by atoms with van der Waals surface area (Å²) >= 11 is 0. The minimum Gasteiger partial charge on any atom is -0.208 e. The highest BCUT2D eigenvalue weighted by Gasteiger charge is 2.23. The molecule has 1 aliphatic carbocycles. The molecule has 1 atom stereocenters. The van der Waals surface area contributed by atoms with E-state index in [1.807, 2.05) is 78.9 Å². The second kappa shape index (κ2) is 14.4. The summed E-state index contributed by atoms with van der Waals surface area (Å²) in [4.78, 5) is 14.7. The molecule has 1 heterocycles. The largest absolute Gasteiger partial charge is 0.208 e. The lowest BCUT2D eigenvalue weighted by molar-refractivity contribution is 0.867. The minimum absolute atomic E-state index is 0.0715. The fraction of sp³-hybridized carbons (Fsp3) is 0.0400. The number of fused-ring (bicyclic) bond motifs is 1. The standard InChI is InChI=1S/C50H34N4/c51-33-39-20-10-11-21-43(39)41-30-40(34-14-4-1-5-15-34)31-42(32-41)45-29-28-44(46-22-12-13-23-47(45)46)35-24-26-38(27-25-35)50-53-48(36-16-6-2-7-17-36)52-49(54-50)37-18-8-3-9-19-37/h1-29,31-32,41H,30H2. The second-order valence-electron chi connectivity index (χ2n) is 13.5. The van der Waals surface area contributed by atoms with Gasteiger partial charge in [0.1, 0.15) is 0 Å². The molecule has 8 aromatic rings. The van der Waals surface area contributed by atoms with Crippen molar-refractivity contribution in [2.45, 2.75) is 12.3 Å². The Morgan fingerprint density at radius 1 is 0.444 bits per heavy atom. The van der Waals surface area contributed by atoms with E-state index in [2.05, 4.69) is 115 Å². The first-order chi connectivity index (χ1) is 26.7. The lowest BCUT2D eigenvalue weighted by atomic mass is 9.79. The van der Waals surface area contributed by atoms with Crippen LogP contribution in [0.3, 0.4) is 0 Å². The second-order valence-corrected chi connectivity index (χ2v) is 13.5. The van der Waals surface area contributed by atoms with Crippen molar-refractivity contribution in [2.75, 3.05) is 0 Å². The van der Waals surface area contributed by atoms with Crippen molar-refractivity contribution in [2.24, 2.45) is 0 Å². The van der Waals surface area contributed by atoms with Gasteiger partial charge in [0.05, 0.1) is 11.6 Å². The first-order valence-corrected chi connectivity index (χ1v) is 18.2. The van der Waals surface area contributed by atoms with E-state index in [1.165, 1.54) is 27.5 Å². The Morgan fingerprint density at radius 3 is 1.50 bits per heavy atom. The van der Waals surface area contributed by atoms with E-state index >= 15 is 0 Å². The maximum atomic E-state index is 10.0. The fourth-order valence-corrected chi connectivity index (χ4v) is 7.49. The number of rotatable bonds is 7. The van der Waals surface area contributed by atoms with Gasteiger partial charge in [-0.3, -0.25) is 0 Å². The van der Waals surface area contributed by atoms with Crippen LogP contribution in [0.15, 0.2) is 188 Å². The first-order valence-electron chi connectivity index (χ1n) is 18.2. The molecule has 0 spiro atoms. The molecule has 0 saturated carbocycles. The van der Waals surface area contributed by atoms with Crippen LogP contribution in [-0.2, 0) is 0 Å². The zero-order chi connectivity index (χ0) is 36.3. The van der Waals surface area contributed by atoms with Gasteiger partial charge in [0.15, 0.2) is 17.5 Å². The van der Waals surface area contributed by atoms with Crippen molar-refractivity contribution in [3.8, 4) is 51.4 Å². The average Bonchev–Trinajstić information content (AvgIpc) is 3.26. The Morgan fingerprint density at radius 2 is 0.907 bits per heavy atom. The van der Waals surface area contributed by atoms with Crippen molar-refractivity contribution in [1.29, 1.82) is 5.26 Å². The predicted molar refractivity (Wildman–Crippen MR) is 220 cm³/mol. The van der Waals surface area contributed by atoms with Gasteiger partial charge in [-0.2, -0.15) is 5.26 Å². The molecule has 0 saturated heterocycles. The predicted octanol–water partition coefficient (Wildman–Crippen LogP) is 12.2. The minimum atomic E-state index is 0.0715.